The molecule has 0 bridgehead atoms. The van der Waals surface area contributed by atoms with Crippen LogP contribution < -0.4 is 5.32 Å². The molecule has 1 saturated heterocycles. The average molecular weight is 688 g/mol. The van der Waals surface area contributed by atoms with E-state index in [2.05, 4.69) is 19.2 Å². The van der Waals surface area contributed by atoms with Gasteiger partial charge in [-0.25, -0.2) is 0 Å². The van der Waals surface area contributed by atoms with Crippen molar-refractivity contribution >= 4 is 5.91 Å². The highest BCUT2D eigenvalue weighted by atomic mass is 16.7. The number of amides is 1. The maximum atomic E-state index is 12.9. The topological polar surface area (TPSA) is 149 Å². The van der Waals surface area contributed by atoms with Crippen LogP contribution in [0, 0.1) is 0 Å². The van der Waals surface area contributed by atoms with Crippen LogP contribution in [0.4, 0.5) is 0 Å². The van der Waals surface area contributed by atoms with E-state index in [9.17, 15) is 30.3 Å². The minimum absolute atomic E-state index is 0.132. The van der Waals surface area contributed by atoms with Crippen molar-refractivity contribution in [2.45, 2.75) is 230 Å². The molecule has 0 aromatic rings. The Morgan fingerprint density at radius 3 is 1.48 bits per heavy atom. The molecule has 0 saturated carbocycles. The van der Waals surface area contributed by atoms with Crippen LogP contribution in [-0.2, 0) is 14.3 Å². The van der Waals surface area contributed by atoms with E-state index < -0.39 is 49.5 Å². The third-order valence-electron chi connectivity index (χ3n) is 9.96. The molecule has 0 aromatic heterocycles. The molecule has 286 valence electrons. The Morgan fingerprint density at radius 2 is 1.04 bits per heavy atom. The van der Waals surface area contributed by atoms with Crippen molar-refractivity contribution in [1.29, 1.82) is 0 Å². The second-order valence-electron chi connectivity index (χ2n) is 14.4. The number of carbonyl (C=O) groups is 1. The van der Waals surface area contributed by atoms with Gasteiger partial charge in [-0.1, -0.05) is 168 Å². The largest absolute Gasteiger partial charge is 0.394 e. The Labute approximate surface area is 294 Å². The van der Waals surface area contributed by atoms with Crippen molar-refractivity contribution < 1.29 is 39.8 Å². The summed E-state index contributed by atoms with van der Waals surface area (Å²) >= 11 is 0. The molecule has 48 heavy (non-hydrogen) atoms. The lowest BCUT2D eigenvalue weighted by atomic mass is 9.99. The average Bonchev–Trinajstić information content (AvgIpc) is 3.08. The SMILES string of the molecule is CCCCCCCCCCCCCCCC(=O)N[C@@H](CO[C@@H]1O[C@H](CO)[C@@H](O)C(O)C1O)[C@H](O)CCCCCCCCCCCCCC. The summed E-state index contributed by atoms with van der Waals surface area (Å²) in [6.45, 7) is 3.81. The molecule has 0 radical (unpaired) electrons. The third-order valence-corrected chi connectivity index (χ3v) is 9.96. The van der Waals surface area contributed by atoms with E-state index in [1.807, 2.05) is 0 Å². The highest BCUT2D eigenvalue weighted by molar-refractivity contribution is 5.76. The summed E-state index contributed by atoms with van der Waals surface area (Å²) in [6, 6.07) is -0.709. The monoisotopic (exact) mass is 688 g/mol. The first-order valence-electron chi connectivity index (χ1n) is 20.2. The molecule has 2 unspecified atom stereocenters. The van der Waals surface area contributed by atoms with Crippen LogP contribution in [0.2, 0.25) is 0 Å². The lowest BCUT2D eigenvalue weighted by molar-refractivity contribution is -0.302. The smallest absolute Gasteiger partial charge is 0.220 e. The minimum atomic E-state index is -1.55. The minimum Gasteiger partial charge on any atom is -0.394 e. The van der Waals surface area contributed by atoms with Gasteiger partial charge < -0.3 is 40.3 Å². The van der Waals surface area contributed by atoms with Gasteiger partial charge in [0.1, 0.15) is 24.4 Å². The van der Waals surface area contributed by atoms with Crippen molar-refractivity contribution in [2.75, 3.05) is 13.2 Å². The van der Waals surface area contributed by atoms with E-state index in [4.69, 9.17) is 9.47 Å². The molecular formula is C39H77NO8. The summed E-state index contributed by atoms with van der Waals surface area (Å²) in [5, 5.41) is 54.1. The van der Waals surface area contributed by atoms with Crippen LogP contribution in [0.25, 0.3) is 0 Å². The molecule has 1 aliphatic rings. The van der Waals surface area contributed by atoms with Crippen LogP contribution in [0.3, 0.4) is 0 Å². The van der Waals surface area contributed by atoms with Gasteiger partial charge in [0, 0.05) is 6.42 Å². The highest BCUT2D eigenvalue weighted by Gasteiger charge is 2.44. The summed E-state index contributed by atoms with van der Waals surface area (Å²) < 4.78 is 11.2. The zero-order valence-electron chi connectivity index (χ0n) is 31.0. The molecule has 1 rings (SSSR count). The number of hydrogen-bond acceptors (Lipinski definition) is 8. The van der Waals surface area contributed by atoms with Gasteiger partial charge in [-0.15, -0.1) is 0 Å². The lowest BCUT2D eigenvalue weighted by Crippen LogP contribution is -2.60. The number of carbonyl (C=O) groups excluding carboxylic acids is 1. The van der Waals surface area contributed by atoms with Gasteiger partial charge in [-0.3, -0.25) is 4.79 Å². The molecule has 1 fully saturated rings. The molecule has 9 nitrogen and oxygen atoms in total. The highest BCUT2D eigenvalue weighted by Crippen LogP contribution is 2.23. The van der Waals surface area contributed by atoms with Crippen molar-refractivity contribution in [3.63, 3.8) is 0 Å². The fourth-order valence-electron chi connectivity index (χ4n) is 6.63. The summed E-state index contributed by atoms with van der Waals surface area (Å²) in [7, 11) is 0. The van der Waals surface area contributed by atoms with E-state index in [-0.39, 0.29) is 12.5 Å². The quantitative estimate of drug-likeness (QED) is 0.0396. The summed E-state index contributed by atoms with van der Waals surface area (Å²) in [5.74, 6) is -0.144. The van der Waals surface area contributed by atoms with E-state index in [0.717, 1.165) is 38.5 Å². The Morgan fingerprint density at radius 1 is 0.625 bits per heavy atom. The zero-order chi connectivity index (χ0) is 35.2. The number of aliphatic hydroxyl groups is 5. The number of nitrogens with one attached hydrogen (secondary N) is 1. The Hall–Kier alpha value is -0.810. The van der Waals surface area contributed by atoms with Gasteiger partial charge in [0.2, 0.25) is 5.91 Å². The van der Waals surface area contributed by atoms with E-state index in [1.165, 1.54) is 122 Å². The third kappa shape index (κ3) is 22.1. The number of unbranched alkanes of at least 4 members (excludes halogenated alkanes) is 23. The van der Waals surface area contributed by atoms with Crippen LogP contribution in [0.15, 0.2) is 0 Å². The molecule has 0 aromatic carbocycles. The molecular weight excluding hydrogens is 610 g/mol. The van der Waals surface area contributed by atoms with Gasteiger partial charge in [0.15, 0.2) is 6.29 Å². The summed E-state index contributed by atoms with van der Waals surface area (Å²) in [5.41, 5.74) is 0. The van der Waals surface area contributed by atoms with Crippen molar-refractivity contribution in [3.8, 4) is 0 Å². The Kier molecular flexibility index (Phi) is 29.2. The maximum absolute atomic E-state index is 12.9. The van der Waals surface area contributed by atoms with Gasteiger partial charge >= 0.3 is 0 Å². The zero-order valence-corrected chi connectivity index (χ0v) is 31.0. The van der Waals surface area contributed by atoms with E-state index >= 15 is 0 Å². The van der Waals surface area contributed by atoms with Crippen LogP contribution >= 0.6 is 0 Å². The molecule has 1 heterocycles. The van der Waals surface area contributed by atoms with Crippen molar-refractivity contribution in [3.05, 3.63) is 0 Å². The first kappa shape index (κ1) is 45.2. The van der Waals surface area contributed by atoms with Crippen LogP contribution in [0.5, 0.6) is 0 Å². The van der Waals surface area contributed by atoms with Gasteiger partial charge in [0.25, 0.3) is 0 Å². The van der Waals surface area contributed by atoms with Crippen molar-refractivity contribution in [1.82, 2.24) is 5.32 Å². The standard InChI is InChI=1S/C39H77NO8/c1-3-5-7-9-11-13-15-17-19-21-23-25-27-29-35(43)40-32(31-47-39-38(46)37(45)36(44)34(30-41)48-39)33(42)28-26-24-22-20-18-16-14-12-10-8-6-4-2/h32-34,36-39,41-42,44-46H,3-31H2,1-2H3,(H,40,43)/t32-,33+,34+,36+,37?,38?,39+/m0/s1. The molecule has 1 amide bonds. The Balaban J connectivity index is 2.39. The van der Waals surface area contributed by atoms with E-state index in [1.54, 1.807) is 0 Å². The normalized spacial score (nSPS) is 22.5. The number of ether oxygens (including phenoxy) is 2. The predicted molar refractivity (Wildman–Crippen MR) is 194 cm³/mol. The maximum Gasteiger partial charge on any atom is 0.220 e. The lowest BCUT2D eigenvalue weighted by Gasteiger charge is -2.40. The number of rotatable bonds is 33. The molecule has 1 aliphatic heterocycles. The van der Waals surface area contributed by atoms with Gasteiger partial charge in [0.05, 0.1) is 25.4 Å². The molecule has 0 spiro atoms. The van der Waals surface area contributed by atoms with Gasteiger partial charge in [-0.05, 0) is 12.8 Å². The summed E-state index contributed by atoms with van der Waals surface area (Å²) in [6.07, 6.45) is 23.9. The molecule has 6 N–H and O–H groups in total. The van der Waals surface area contributed by atoms with E-state index in [0.29, 0.717) is 12.8 Å². The Bertz CT molecular complexity index is 726. The second kappa shape index (κ2) is 31.0. The fraction of sp³-hybridized carbons (Fsp3) is 0.974. The molecule has 0 aliphatic carbocycles. The fourth-order valence-corrected chi connectivity index (χ4v) is 6.63. The van der Waals surface area contributed by atoms with Crippen LogP contribution in [-0.4, -0.2) is 87.5 Å². The molecule has 7 atom stereocenters. The second-order valence-corrected chi connectivity index (χ2v) is 14.4. The first-order chi connectivity index (χ1) is 23.3. The molecule has 9 heteroatoms. The van der Waals surface area contributed by atoms with Gasteiger partial charge in [-0.2, -0.15) is 0 Å². The number of aliphatic hydroxyl groups excluding tert-OH is 5. The van der Waals surface area contributed by atoms with Crippen LogP contribution in [0.1, 0.15) is 187 Å². The first-order valence-corrected chi connectivity index (χ1v) is 20.2. The predicted octanol–water partition coefficient (Wildman–Crippen LogP) is 7.22. The number of hydrogen-bond donors (Lipinski definition) is 6. The summed E-state index contributed by atoms with van der Waals surface area (Å²) in [4.78, 5) is 12.9. The van der Waals surface area contributed by atoms with Crippen molar-refractivity contribution in [2.24, 2.45) is 0 Å².